The number of fused-ring (bicyclic) bond motifs is 1. The van der Waals surface area contributed by atoms with Crippen LogP contribution in [0.5, 0.6) is 11.5 Å². The molecule has 1 aliphatic heterocycles. The zero-order valence-corrected chi connectivity index (χ0v) is 34.1. The molecule has 0 radical (unpaired) electrons. The Bertz CT molecular complexity index is 2290. The molecule has 3 fully saturated rings. The zero-order valence-electron chi connectivity index (χ0n) is 33.2. The van der Waals surface area contributed by atoms with Gasteiger partial charge in [-0.25, -0.2) is 18.2 Å². The molecular weight excluding hydrogens is 763 g/mol. The molecule has 15 heteroatoms. The number of methoxy groups -OCH3 is 1. The second-order valence-corrected chi connectivity index (χ2v) is 18.9. The van der Waals surface area contributed by atoms with Gasteiger partial charge in [-0.2, -0.15) is 0 Å². The minimum Gasteiger partial charge on any atom is -0.497 e. The number of nitrogens with one attached hydrogen (secondary N) is 3. The summed E-state index contributed by atoms with van der Waals surface area (Å²) in [7, 11) is -2.59. The summed E-state index contributed by atoms with van der Waals surface area (Å²) in [6, 6.07) is 14.2. The molecule has 14 nitrogen and oxygen atoms in total. The molecule has 3 aliphatic carbocycles. The maximum absolute atomic E-state index is 14.5. The molecule has 4 amide bonds. The third-order valence-electron chi connectivity index (χ3n) is 11.9. The Kier molecular flexibility index (Phi) is 10.8. The van der Waals surface area contributed by atoms with E-state index in [4.69, 9.17) is 14.5 Å². The average molecular weight is 814 g/mol. The average Bonchev–Trinajstić information content (AvgIpc) is 4.11. The summed E-state index contributed by atoms with van der Waals surface area (Å²) < 4.78 is 41.0. The number of sulfonamides is 1. The molecule has 7 rings (SSSR count). The summed E-state index contributed by atoms with van der Waals surface area (Å²) in [6.45, 7) is 8.86. The van der Waals surface area contributed by atoms with E-state index in [-0.39, 0.29) is 19.4 Å². The molecule has 5 atom stereocenters. The Hall–Kier alpha value is -5.44. The van der Waals surface area contributed by atoms with Crippen molar-refractivity contribution in [3.63, 3.8) is 0 Å². The normalized spacial score (nSPS) is 24.2. The van der Waals surface area contributed by atoms with E-state index >= 15 is 0 Å². The van der Waals surface area contributed by atoms with Crippen LogP contribution in [0.1, 0.15) is 72.1 Å². The third-order valence-corrected chi connectivity index (χ3v) is 14.1. The highest BCUT2D eigenvalue weighted by Crippen LogP contribution is 2.52. The van der Waals surface area contributed by atoms with Crippen molar-refractivity contribution < 1.29 is 42.2 Å². The molecule has 5 unspecified atom stereocenters. The van der Waals surface area contributed by atoms with E-state index in [0.29, 0.717) is 47.4 Å². The summed E-state index contributed by atoms with van der Waals surface area (Å²) in [4.78, 5) is 61.1. The van der Waals surface area contributed by atoms with E-state index in [2.05, 4.69) is 21.9 Å². The number of aromatic nitrogens is 1. The highest BCUT2D eigenvalue weighted by molar-refractivity contribution is 7.92. The number of allylic oxidation sites excluding steroid dienone is 1. The SMILES string of the molecule is C=CC1CC1(NC(=O)C1CC(Oc2cc(-c3ccccc3)nc3cc(OC)ccc23)CN1C(=O)C(NC(=O)O)C(C)(C)C)C(=O)NS(=O)(=O)C1(C2=CCCCC2)CC1. The first kappa shape index (κ1) is 40.7. The molecule has 2 saturated carbocycles. The van der Waals surface area contributed by atoms with Gasteiger partial charge in [-0.3, -0.25) is 19.1 Å². The Balaban J connectivity index is 1.19. The molecule has 308 valence electrons. The number of pyridine rings is 1. The Morgan fingerprint density at radius 1 is 1.07 bits per heavy atom. The van der Waals surface area contributed by atoms with Gasteiger partial charge in [0.05, 0.1) is 24.9 Å². The molecule has 1 saturated heterocycles. The standard InChI is InChI=1S/C43H51N5O9S/c1-6-27-24-43(27,39(51)47-58(54,55)42(19-20-42)28-15-11-8-12-16-28)46-37(49)34-22-30(25-48(34)38(50)36(41(2,3)4)45-40(52)53)57-35-23-32(26-13-9-7-10-14-26)44-33-21-29(56-5)17-18-31(33)35/h6-7,9-10,13-15,17-18,21,23,27,30,34,36,45H,1,8,11-12,16,19-20,22,24-25H2,2-5H3,(H,46,49)(H,47,51)(H,52,53). The fraction of sp³-hybridized carbons (Fsp3) is 0.465. The molecule has 0 spiro atoms. The quantitative estimate of drug-likeness (QED) is 0.161. The lowest BCUT2D eigenvalue weighted by molar-refractivity contribution is -0.142. The van der Waals surface area contributed by atoms with Crippen molar-refractivity contribution in [3.8, 4) is 22.8 Å². The van der Waals surface area contributed by atoms with Crippen LogP contribution in [0.25, 0.3) is 22.2 Å². The first-order valence-electron chi connectivity index (χ1n) is 19.7. The van der Waals surface area contributed by atoms with Crippen molar-refractivity contribution in [2.75, 3.05) is 13.7 Å². The molecule has 4 aliphatic rings. The van der Waals surface area contributed by atoms with Crippen LogP contribution in [0, 0.1) is 11.3 Å². The van der Waals surface area contributed by atoms with Gasteiger partial charge < -0.3 is 30.1 Å². The lowest BCUT2D eigenvalue weighted by Gasteiger charge is -2.35. The largest absolute Gasteiger partial charge is 0.497 e. The number of carbonyl (C=O) groups is 4. The summed E-state index contributed by atoms with van der Waals surface area (Å²) in [5.74, 6) is -1.75. The molecular formula is C43H51N5O9S. The Labute approximate surface area is 338 Å². The monoisotopic (exact) mass is 813 g/mol. The van der Waals surface area contributed by atoms with E-state index in [1.54, 1.807) is 46.1 Å². The van der Waals surface area contributed by atoms with E-state index in [9.17, 15) is 32.7 Å². The molecule has 2 aromatic carbocycles. The van der Waals surface area contributed by atoms with Gasteiger partial charge >= 0.3 is 6.09 Å². The first-order chi connectivity index (χ1) is 27.5. The van der Waals surface area contributed by atoms with Crippen LogP contribution in [0.3, 0.4) is 0 Å². The van der Waals surface area contributed by atoms with E-state index in [1.807, 2.05) is 42.5 Å². The van der Waals surface area contributed by atoms with Crippen molar-refractivity contribution >= 4 is 44.7 Å². The van der Waals surface area contributed by atoms with Crippen molar-refractivity contribution in [1.82, 2.24) is 25.2 Å². The van der Waals surface area contributed by atoms with Crippen LogP contribution in [0.4, 0.5) is 4.79 Å². The number of carbonyl (C=O) groups excluding carboxylic acids is 3. The second-order valence-electron chi connectivity index (χ2n) is 16.9. The van der Waals surface area contributed by atoms with Crippen molar-refractivity contribution in [1.29, 1.82) is 0 Å². The number of amides is 4. The minimum atomic E-state index is -4.14. The molecule has 3 aromatic rings. The lowest BCUT2D eigenvalue weighted by atomic mass is 9.85. The molecule has 1 aromatic heterocycles. The molecule has 4 N–H and O–H groups in total. The van der Waals surface area contributed by atoms with Crippen LogP contribution in [-0.2, 0) is 24.4 Å². The minimum absolute atomic E-state index is 0.0197. The van der Waals surface area contributed by atoms with Gasteiger partial charge in [0.15, 0.2) is 0 Å². The fourth-order valence-electron chi connectivity index (χ4n) is 8.43. The number of likely N-dealkylation sites (tertiary alicyclic amines) is 1. The van der Waals surface area contributed by atoms with Gasteiger partial charge in [-0.1, -0.05) is 68.8 Å². The third kappa shape index (κ3) is 7.75. The highest BCUT2D eigenvalue weighted by Gasteiger charge is 2.64. The second kappa shape index (κ2) is 15.4. The van der Waals surface area contributed by atoms with Gasteiger partial charge in [0.2, 0.25) is 21.8 Å². The van der Waals surface area contributed by atoms with Gasteiger partial charge in [-0.05, 0) is 62.5 Å². The summed E-state index contributed by atoms with van der Waals surface area (Å²) in [5, 5.41) is 15.6. The predicted molar refractivity (Wildman–Crippen MR) is 217 cm³/mol. The van der Waals surface area contributed by atoms with E-state index in [0.717, 1.165) is 30.4 Å². The van der Waals surface area contributed by atoms with Crippen molar-refractivity contribution in [3.05, 3.63) is 78.9 Å². The predicted octanol–water partition coefficient (Wildman–Crippen LogP) is 5.48. The molecule has 58 heavy (non-hydrogen) atoms. The van der Waals surface area contributed by atoms with Gasteiger partial charge in [0.25, 0.3) is 5.91 Å². The maximum Gasteiger partial charge on any atom is 0.405 e. The van der Waals surface area contributed by atoms with Crippen LogP contribution in [0.2, 0.25) is 0 Å². The summed E-state index contributed by atoms with van der Waals surface area (Å²) in [5.41, 5.74) is 0.362. The zero-order chi connectivity index (χ0) is 41.6. The van der Waals surface area contributed by atoms with Crippen LogP contribution < -0.4 is 24.8 Å². The fourth-order valence-corrected chi connectivity index (χ4v) is 10.2. The number of rotatable bonds is 13. The maximum atomic E-state index is 14.5. The molecule has 2 heterocycles. The first-order valence-corrected chi connectivity index (χ1v) is 21.2. The van der Waals surface area contributed by atoms with Crippen molar-refractivity contribution in [2.45, 2.75) is 101 Å². The number of nitrogens with zero attached hydrogens (tertiary/aromatic N) is 2. The van der Waals surface area contributed by atoms with Crippen LogP contribution in [0.15, 0.2) is 78.9 Å². The van der Waals surface area contributed by atoms with Gasteiger partial charge in [-0.15, -0.1) is 6.58 Å². The van der Waals surface area contributed by atoms with Crippen molar-refractivity contribution in [2.24, 2.45) is 11.3 Å². The molecule has 0 bridgehead atoms. The highest BCUT2D eigenvalue weighted by atomic mass is 32.2. The lowest BCUT2D eigenvalue weighted by Crippen LogP contribution is -2.60. The Morgan fingerprint density at radius 3 is 2.41 bits per heavy atom. The van der Waals surface area contributed by atoms with Gasteiger partial charge in [0, 0.05) is 35.4 Å². The Morgan fingerprint density at radius 2 is 1.81 bits per heavy atom. The summed E-state index contributed by atoms with van der Waals surface area (Å²) in [6.07, 6.45) is 5.55. The summed E-state index contributed by atoms with van der Waals surface area (Å²) >= 11 is 0. The number of benzene rings is 2. The number of ether oxygens (including phenoxy) is 2. The number of hydrogen-bond donors (Lipinski definition) is 4. The van der Waals surface area contributed by atoms with Crippen LogP contribution in [-0.4, -0.2) is 89.4 Å². The van der Waals surface area contributed by atoms with E-state index in [1.165, 1.54) is 11.0 Å². The van der Waals surface area contributed by atoms with Crippen LogP contribution >= 0.6 is 0 Å². The van der Waals surface area contributed by atoms with Gasteiger partial charge in [0.1, 0.15) is 40.0 Å². The topological polar surface area (TPSA) is 193 Å². The van der Waals surface area contributed by atoms with E-state index < -0.39 is 73.6 Å². The number of hydrogen-bond acceptors (Lipinski definition) is 9. The number of carboxylic acid groups (broad SMARTS) is 1. The smallest absolute Gasteiger partial charge is 0.405 e.